The van der Waals surface area contributed by atoms with Crippen molar-refractivity contribution in [3.8, 4) is 5.75 Å². The molecule has 5 atom stereocenters. The molecule has 0 amide bonds. The maximum absolute atomic E-state index is 14.1. The number of esters is 1. The molecule has 1 N–H and O–H groups in total. The van der Waals surface area contributed by atoms with Crippen LogP contribution in [0.5, 0.6) is 5.75 Å². The number of hydrogen-bond donors (Lipinski definition) is 1. The third-order valence-corrected chi connectivity index (χ3v) is 26.7. The van der Waals surface area contributed by atoms with Gasteiger partial charge >= 0.3 is 19.5 Å². The van der Waals surface area contributed by atoms with Crippen molar-refractivity contribution in [2.45, 2.75) is 410 Å². The van der Waals surface area contributed by atoms with Crippen LogP contribution in [0.1, 0.15) is 411 Å². The molecule has 2 aromatic carbocycles. The van der Waals surface area contributed by atoms with E-state index in [0.717, 1.165) is 49.5 Å². The topological polar surface area (TPSA) is 251 Å². The van der Waals surface area contributed by atoms with Crippen LogP contribution in [0.4, 0.5) is 0 Å². The molecule has 23 heteroatoms. The van der Waals surface area contributed by atoms with E-state index >= 15 is 0 Å². The molecule has 0 spiro atoms. The summed E-state index contributed by atoms with van der Waals surface area (Å²) in [6.45, 7) is 34.0. The van der Waals surface area contributed by atoms with Crippen molar-refractivity contribution >= 4 is 35.2 Å². The van der Waals surface area contributed by atoms with Gasteiger partial charge in [-0.05, 0) is 100 Å². The Balaban J connectivity index is 0.00000108. The zero-order chi connectivity index (χ0) is 84.6. The summed E-state index contributed by atoms with van der Waals surface area (Å²) in [4.78, 5) is 77.9. The van der Waals surface area contributed by atoms with Crippen molar-refractivity contribution in [2.75, 3.05) is 59.0 Å². The Hall–Kier alpha value is -3.71. The van der Waals surface area contributed by atoms with E-state index in [1.807, 2.05) is 0 Å². The van der Waals surface area contributed by atoms with Crippen LogP contribution in [-0.2, 0) is 58.6 Å². The zero-order valence-corrected chi connectivity index (χ0v) is 77.1. The number of carbonyl (C=O) groups excluding carboxylic acids is 2. The van der Waals surface area contributed by atoms with Crippen LogP contribution in [0.3, 0.4) is 0 Å². The van der Waals surface area contributed by atoms with E-state index in [1.165, 1.54) is 367 Å². The summed E-state index contributed by atoms with van der Waals surface area (Å²) in [6, 6.07) is 12.2. The van der Waals surface area contributed by atoms with Gasteiger partial charge in [-0.1, -0.05) is 343 Å². The number of aromatic amines is 1. The largest absolute Gasteiger partial charge is 0.756 e. The highest BCUT2D eigenvalue weighted by molar-refractivity contribution is 7.66. The first kappa shape index (κ1) is 107. The van der Waals surface area contributed by atoms with E-state index < -0.39 is 72.8 Å². The maximum Gasteiger partial charge on any atom is 0.481 e. The molecule has 115 heavy (non-hydrogen) atoms. The van der Waals surface area contributed by atoms with Gasteiger partial charge in [-0.15, -0.1) is 0 Å². The Labute approximate surface area is 699 Å². The molecule has 3 aromatic rings. The van der Waals surface area contributed by atoms with Crippen molar-refractivity contribution in [1.82, 2.24) is 9.55 Å². The minimum absolute atomic E-state index is 0.0427. The SMILES string of the molecule is CCCCCCCCCCCCCCCCCC(=O)Oc1ccc(COP(=O)(OCc2ccc(C(=O)CCCCCCCCCCCCCCCCC)cc2)OP(=O)([O-])OP(=O)([O-])OC[C@@H]2C=C[C@H](n3cc(C)c(=O)[nH]c3=O)O2)cc1.CCCC[N+](CCCC)(CCCC)CCCC.CCCC[N+](CCCC)(CCCC)CCCC. The lowest BCUT2D eigenvalue weighted by Crippen LogP contribution is -2.50. The monoisotopic (exact) mass is 1680 g/mol. The van der Waals surface area contributed by atoms with Gasteiger partial charge in [0.05, 0.1) is 72.2 Å². The number of Topliss-reactive ketones (excluding diaryl/α,β-unsaturated/α-hetero) is 1. The van der Waals surface area contributed by atoms with Crippen LogP contribution in [-0.4, -0.2) is 95.3 Å². The first-order valence-electron chi connectivity index (χ1n) is 46.3. The highest BCUT2D eigenvalue weighted by Crippen LogP contribution is 2.67. The molecule has 664 valence electrons. The van der Waals surface area contributed by atoms with Gasteiger partial charge in [-0.25, -0.2) is 18.0 Å². The van der Waals surface area contributed by atoms with Crippen molar-refractivity contribution in [2.24, 2.45) is 0 Å². The highest BCUT2D eigenvalue weighted by atomic mass is 31.3. The van der Waals surface area contributed by atoms with E-state index in [2.05, 4.69) is 78.5 Å². The van der Waals surface area contributed by atoms with E-state index in [9.17, 15) is 42.7 Å². The number of phosphoric acid groups is 3. The number of quaternary nitrogens is 2. The number of phosphoric ester groups is 2. The number of aromatic nitrogens is 2. The first-order valence-corrected chi connectivity index (χ1v) is 50.7. The molecule has 1 aliphatic heterocycles. The summed E-state index contributed by atoms with van der Waals surface area (Å²) in [7, 11) is -17.2. The molecule has 0 saturated carbocycles. The predicted octanol–water partition coefficient (Wildman–Crippen LogP) is 25.4. The summed E-state index contributed by atoms with van der Waals surface area (Å²) >= 11 is 0. The van der Waals surface area contributed by atoms with Gasteiger partial charge in [0.2, 0.25) is 0 Å². The number of H-pyrrole nitrogens is 1. The quantitative estimate of drug-likeness (QED) is 0.0105. The van der Waals surface area contributed by atoms with Gasteiger partial charge in [0.25, 0.3) is 21.2 Å². The molecule has 3 unspecified atom stereocenters. The Bertz CT molecular complexity index is 3110. The van der Waals surface area contributed by atoms with E-state index in [0.29, 0.717) is 29.5 Å². The summed E-state index contributed by atoms with van der Waals surface area (Å²) in [5, 5.41) is 0. The lowest BCUT2D eigenvalue weighted by Gasteiger charge is -2.39. The van der Waals surface area contributed by atoms with Gasteiger partial charge in [-0.3, -0.25) is 42.1 Å². The predicted molar refractivity (Wildman–Crippen MR) is 470 cm³/mol. The second-order valence-corrected chi connectivity index (χ2v) is 37.5. The molecule has 20 nitrogen and oxygen atoms in total. The Morgan fingerprint density at radius 3 is 1.10 bits per heavy atom. The maximum atomic E-state index is 14.1. The lowest BCUT2D eigenvalue weighted by molar-refractivity contribution is -0.929. The van der Waals surface area contributed by atoms with Crippen LogP contribution in [0.15, 0.2) is 76.5 Å². The number of aryl methyl sites for hydroxylation is 1. The molecule has 0 aliphatic carbocycles. The Morgan fingerprint density at radius 2 is 0.748 bits per heavy atom. The van der Waals surface area contributed by atoms with Gasteiger partial charge in [0.1, 0.15) is 11.9 Å². The highest BCUT2D eigenvalue weighted by Gasteiger charge is 2.37. The van der Waals surface area contributed by atoms with Crippen molar-refractivity contribution in [1.29, 1.82) is 0 Å². The first-order chi connectivity index (χ1) is 55.5. The standard InChI is InChI=1S/C60H95N2O16P3.2C16H36N/c1-4-6-8-10-12-14-16-18-20-22-24-26-28-30-32-34-56(63)53-40-36-51(37-41-53)47-73-81(71,78-80(69,70)77-79(67,68)72-49-55-44-45-57(75-55)62-46-50(3)59(65)61-60(62)66)74-48-52-38-42-54(43-39-52)76-58(64)35-33-31-29-27-25-23-21-19-17-15-13-11-9-7-5-2;2*1-5-9-13-17(14-10-6-2,15-11-7-3)16-12-8-4/h36-46,55,57H,4-35,47-49H2,1-3H3,(H,67,68)(H,69,70)(H,61,65,66);2*5-16H2,1-4H3/q;2*+1/p-2/t55-,57+,81?;;/m0../s1. The average Bonchev–Trinajstić information content (AvgIpc) is 1.78. The van der Waals surface area contributed by atoms with Crippen LogP contribution >= 0.6 is 23.5 Å². The Morgan fingerprint density at radius 1 is 0.417 bits per heavy atom. The lowest BCUT2D eigenvalue weighted by atomic mass is 10.0. The molecule has 0 radical (unpaired) electrons. The molecule has 1 aliphatic rings. The third-order valence-electron chi connectivity index (χ3n) is 22.1. The number of benzene rings is 2. The third kappa shape index (κ3) is 52.3. The summed E-state index contributed by atoms with van der Waals surface area (Å²) in [6.07, 6.45) is 61.1. The van der Waals surface area contributed by atoms with Crippen molar-refractivity contribution < 1.29 is 73.7 Å². The molecule has 4 rings (SSSR count). The number of ether oxygens (including phenoxy) is 2. The second kappa shape index (κ2) is 66.9. The molecule has 0 saturated heterocycles. The van der Waals surface area contributed by atoms with Crippen molar-refractivity contribution in [3.05, 3.63) is 110 Å². The molecular weight excluding hydrogens is 1510 g/mol. The second-order valence-electron chi connectivity index (χ2n) is 32.7. The molecule has 0 fully saturated rings. The number of carbonyl (C=O) groups is 2. The number of rotatable bonds is 72. The minimum Gasteiger partial charge on any atom is -0.756 e. The van der Waals surface area contributed by atoms with Gasteiger partial charge < -0.3 is 32.8 Å². The Kier molecular flexibility index (Phi) is 62.5. The van der Waals surface area contributed by atoms with Gasteiger partial charge in [0.15, 0.2) is 12.0 Å². The summed E-state index contributed by atoms with van der Waals surface area (Å²) in [5.41, 5.74) is -0.0439. The zero-order valence-electron chi connectivity index (χ0n) is 74.4. The fourth-order valence-electron chi connectivity index (χ4n) is 14.7. The van der Waals surface area contributed by atoms with Crippen LogP contribution in [0.2, 0.25) is 0 Å². The smallest absolute Gasteiger partial charge is 0.481 e. The molecule has 0 bridgehead atoms. The number of nitrogens with one attached hydrogen (secondary N) is 1. The summed E-state index contributed by atoms with van der Waals surface area (Å²) < 4.78 is 79.8. The van der Waals surface area contributed by atoms with Gasteiger partial charge in [0, 0.05) is 30.2 Å². The molecule has 1 aromatic heterocycles. The number of hydrogen-bond acceptors (Lipinski definition) is 16. The fourth-order valence-corrected chi connectivity index (χ4v) is 18.6. The molecular formula is C92H165N4O16P3. The van der Waals surface area contributed by atoms with Crippen LogP contribution in [0.25, 0.3) is 0 Å². The number of nitrogens with zero attached hydrogens (tertiary/aromatic N) is 3. The average molecular weight is 1680 g/mol. The van der Waals surface area contributed by atoms with E-state index in [4.69, 9.17) is 27.4 Å². The number of unbranched alkanes of at least 4 members (excludes halogenated alkanes) is 36. The number of ketones is 1. The van der Waals surface area contributed by atoms with Gasteiger partial charge in [-0.2, -0.15) is 0 Å². The van der Waals surface area contributed by atoms with Crippen LogP contribution in [0, 0.1) is 6.92 Å². The van der Waals surface area contributed by atoms with E-state index in [-0.39, 0.29) is 23.5 Å². The fraction of sp³-hybridized carbons (Fsp3) is 0.783. The molecule has 2 heterocycles. The minimum atomic E-state index is -6.12. The summed E-state index contributed by atoms with van der Waals surface area (Å²) in [5.74, 6) is -0.188. The van der Waals surface area contributed by atoms with Crippen LogP contribution < -0.4 is 25.8 Å². The van der Waals surface area contributed by atoms with Crippen molar-refractivity contribution in [3.63, 3.8) is 0 Å². The normalized spacial score (nSPS) is 15.2. The van der Waals surface area contributed by atoms with E-state index in [1.54, 1.807) is 12.1 Å².